The zero-order valence-electron chi connectivity index (χ0n) is 18.4. The van der Waals surface area contributed by atoms with Gasteiger partial charge in [0, 0.05) is 18.8 Å². The molecule has 1 aliphatic rings. The number of thioether (sulfide) groups is 1. The van der Waals surface area contributed by atoms with E-state index in [1.165, 1.54) is 11.8 Å². The summed E-state index contributed by atoms with van der Waals surface area (Å²) in [6, 6.07) is 25.5. The molecule has 0 saturated carbocycles. The zero-order chi connectivity index (χ0) is 22.6. The zero-order valence-corrected chi connectivity index (χ0v) is 19.2. The topological polar surface area (TPSA) is 46.6 Å². The maximum Gasteiger partial charge on any atom is 0.338 e. The van der Waals surface area contributed by atoms with Crippen LogP contribution >= 0.6 is 11.8 Å². The van der Waals surface area contributed by atoms with Crippen molar-refractivity contribution in [2.75, 3.05) is 25.4 Å². The molecule has 3 aromatic carbocycles. The van der Waals surface area contributed by atoms with Crippen LogP contribution < -0.4 is 0 Å². The predicted octanol–water partition coefficient (Wildman–Crippen LogP) is 6.01. The molecule has 0 aliphatic heterocycles. The lowest BCUT2D eigenvalue weighted by Crippen LogP contribution is -2.37. The molecule has 4 nitrogen and oxygen atoms in total. The van der Waals surface area contributed by atoms with Crippen LogP contribution in [0.1, 0.15) is 35.3 Å². The van der Waals surface area contributed by atoms with E-state index in [1.54, 1.807) is 12.1 Å². The minimum Gasteiger partial charge on any atom is -0.461 e. The predicted molar refractivity (Wildman–Crippen MR) is 130 cm³/mol. The lowest BCUT2D eigenvalue weighted by atomic mass is 9.80. The van der Waals surface area contributed by atoms with Gasteiger partial charge in [-0.1, -0.05) is 78.5 Å². The summed E-state index contributed by atoms with van der Waals surface area (Å²) in [4.78, 5) is 27.5. The van der Waals surface area contributed by atoms with Crippen molar-refractivity contribution in [3.63, 3.8) is 0 Å². The Bertz CT molecular complexity index is 1060. The molecule has 164 valence electrons. The van der Waals surface area contributed by atoms with Gasteiger partial charge in [-0.25, -0.2) is 4.79 Å². The molecule has 0 radical (unpaired) electrons. The smallest absolute Gasteiger partial charge is 0.338 e. The fraction of sp³-hybridized carbons (Fsp3) is 0.259. The summed E-state index contributed by atoms with van der Waals surface area (Å²) in [6.45, 7) is 5.49. The Labute approximate surface area is 193 Å². The fourth-order valence-corrected chi connectivity index (χ4v) is 5.58. The van der Waals surface area contributed by atoms with E-state index in [9.17, 15) is 9.59 Å². The summed E-state index contributed by atoms with van der Waals surface area (Å²) in [7, 11) is 0. The second-order valence-electron chi connectivity index (χ2n) is 7.84. The lowest BCUT2D eigenvalue weighted by molar-refractivity contribution is 0.0447. The van der Waals surface area contributed by atoms with Crippen LogP contribution in [0.3, 0.4) is 0 Å². The van der Waals surface area contributed by atoms with Crippen molar-refractivity contribution in [2.45, 2.75) is 19.3 Å². The summed E-state index contributed by atoms with van der Waals surface area (Å²) in [6.07, 6.45) is 0. The van der Waals surface area contributed by atoms with E-state index in [1.807, 2.05) is 61.2 Å². The average molecular weight is 446 g/mol. The number of carbonyl (C=O) groups excluding carboxylic acids is 2. The van der Waals surface area contributed by atoms with Crippen molar-refractivity contribution in [3.8, 4) is 11.1 Å². The number of esters is 1. The summed E-state index contributed by atoms with van der Waals surface area (Å²) in [5.41, 5.74) is 4.40. The molecule has 0 spiro atoms. The second-order valence-corrected chi connectivity index (χ2v) is 8.77. The van der Waals surface area contributed by atoms with Gasteiger partial charge in [-0.05, 0) is 48.2 Å². The van der Waals surface area contributed by atoms with Crippen LogP contribution in [0.15, 0.2) is 78.9 Å². The monoisotopic (exact) mass is 445 g/mol. The van der Waals surface area contributed by atoms with Gasteiger partial charge >= 0.3 is 5.97 Å². The van der Waals surface area contributed by atoms with Crippen LogP contribution in [0.4, 0.5) is 4.79 Å². The van der Waals surface area contributed by atoms with Crippen molar-refractivity contribution in [1.82, 2.24) is 4.90 Å². The van der Waals surface area contributed by atoms with Crippen LogP contribution in [0.2, 0.25) is 0 Å². The van der Waals surface area contributed by atoms with Crippen LogP contribution in [0.25, 0.3) is 11.1 Å². The Balaban J connectivity index is 1.71. The van der Waals surface area contributed by atoms with Gasteiger partial charge in [0.1, 0.15) is 6.61 Å². The van der Waals surface area contributed by atoms with Gasteiger partial charge in [0.05, 0.1) is 11.0 Å². The minimum atomic E-state index is -0.592. The molecule has 0 atom stereocenters. The molecule has 0 bridgehead atoms. The van der Waals surface area contributed by atoms with Gasteiger partial charge in [0.15, 0.2) is 0 Å². The van der Waals surface area contributed by atoms with E-state index in [0.717, 1.165) is 22.3 Å². The van der Waals surface area contributed by atoms with Gasteiger partial charge < -0.3 is 9.64 Å². The molecule has 3 aromatic rings. The summed E-state index contributed by atoms with van der Waals surface area (Å²) >= 11 is 1.30. The standard InChI is InChI=1S/C27H27NO3S/c1-3-28(4-2)26(30)32-19-27(18-31-25(29)20-12-6-5-7-13-20)23-16-10-8-14-21(23)22-15-9-11-17-24(22)27/h5-17H,3-4,18-19H2,1-2H3. The number of rotatable bonds is 7. The van der Waals surface area contributed by atoms with Crippen molar-refractivity contribution in [1.29, 1.82) is 0 Å². The molecule has 0 heterocycles. The molecule has 1 amide bonds. The number of benzene rings is 3. The maximum absolute atomic E-state index is 12.9. The highest BCUT2D eigenvalue weighted by Gasteiger charge is 2.45. The summed E-state index contributed by atoms with van der Waals surface area (Å²) < 4.78 is 5.90. The first-order valence-corrected chi connectivity index (χ1v) is 11.9. The second kappa shape index (κ2) is 9.61. The van der Waals surface area contributed by atoms with Crippen molar-refractivity contribution < 1.29 is 14.3 Å². The highest BCUT2D eigenvalue weighted by molar-refractivity contribution is 8.13. The van der Waals surface area contributed by atoms with E-state index in [-0.39, 0.29) is 17.8 Å². The molecule has 5 heteroatoms. The number of hydrogen-bond acceptors (Lipinski definition) is 4. The van der Waals surface area contributed by atoms with Gasteiger partial charge in [-0.3, -0.25) is 4.79 Å². The average Bonchev–Trinajstić information content (AvgIpc) is 3.13. The lowest BCUT2D eigenvalue weighted by Gasteiger charge is -2.32. The summed E-state index contributed by atoms with van der Waals surface area (Å²) in [5, 5.41) is 0.0469. The van der Waals surface area contributed by atoms with Crippen LogP contribution in [-0.4, -0.2) is 41.6 Å². The van der Waals surface area contributed by atoms with Crippen LogP contribution in [0, 0.1) is 0 Å². The first-order valence-electron chi connectivity index (χ1n) is 10.9. The van der Waals surface area contributed by atoms with Crippen LogP contribution in [0.5, 0.6) is 0 Å². The number of ether oxygens (including phenoxy) is 1. The quantitative estimate of drug-likeness (QED) is 0.418. The Morgan fingerprint density at radius 2 is 1.34 bits per heavy atom. The number of nitrogens with zero attached hydrogens (tertiary/aromatic N) is 1. The number of amides is 1. The highest BCUT2D eigenvalue weighted by atomic mass is 32.2. The van der Waals surface area contributed by atoms with E-state index in [2.05, 4.69) is 24.3 Å². The molecule has 0 aromatic heterocycles. The molecule has 0 unspecified atom stereocenters. The van der Waals surface area contributed by atoms with E-state index >= 15 is 0 Å². The molecule has 0 saturated heterocycles. The van der Waals surface area contributed by atoms with Gasteiger partial charge in [-0.2, -0.15) is 0 Å². The van der Waals surface area contributed by atoms with E-state index in [4.69, 9.17) is 4.74 Å². The fourth-order valence-electron chi connectivity index (χ4n) is 4.37. The third-order valence-electron chi connectivity index (χ3n) is 6.10. The van der Waals surface area contributed by atoms with Crippen molar-refractivity contribution in [3.05, 3.63) is 95.6 Å². The third-order valence-corrected chi connectivity index (χ3v) is 7.24. The highest BCUT2D eigenvalue weighted by Crippen LogP contribution is 2.50. The Morgan fingerprint density at radius 3 is 1.91 bits per heavy atom. The van der Waals surface area contributed by atoms with Gasteiger partial charge in [-0.15, -0.1) is 0 Å². The SMILES string of the molecule is CCN(CC)C(=O)SCC1(COC(=O)c2ccccc2)c2ccccc2-c2ccccc21. The Hall–Kier alpha value is -3.05. The van der Waals surface area contributed by atoms with Crippen LogP contribution in [-0.2, 0) is 10.2 Å². The molecule has 1 aliphatic carbocycles. The molecule has 0 N–H and O–H groups in total. The number of hydrogen-bond donors (Lipinski definition) is 0. The Morgan fingerprint density at radius 1 is 0.812 bits per heavy atom. The van der Waals surface area contributed by atoms with Gasteiger partial charge in [0.2, 0.25) is 0 Å². The largest absolute Gasteiger partial charge is 0.461 e. The first-order chi connectivity index (χ1) is 15.6. The summed E-state index contributed by atoms with van der Waals surface area (Å²) in [5.74, 6) is 0.144. The molecule has 0 fully saturated rings. The first kappa shape index (κ1) is 22.2. The normalized spacial score (nSPS) is 13.2. The number of fused-ring (bicyclic) bond motifs is 3. The van der Waals surface area contributed by atoms with E-state index < -0.39 is 5.41 Å². The molecule has 4 rings (SSSR count). The van der Waals surface area contributed by atoms with E-state index in [0.29, 0.717) is 24.4 Å². The molecular weight excluding hydrogens is 418 g/mol. The molecule has 32 heavy (non-hydrogen) atoms. The maximum atomic E-state index is 12.9. The van der Waals surface area contributed by atoms with Gasteiger partial charge in [0.25, 0.3) is 5.24 Å². The third kappa shape index (κ3) is 4.05. The van der Waals surface area contributed by atoms with Crippen molar-refractivity contribution in [2.24, 2.45) is 0 Å². The Kier molecular flexibility index (Phi) is 6.66. The van der Waals surface area contributed by atoms with Crippen molar-refractivity contribution >= 4 is 23.0 Å². The minimum absolute atomic E-state index is 0.0469. The number of carbonyl (C=O) groups is 2. The molecular formula is C27H27NO3S.